The molecule has 170 valence electrons. The van der Waals surface area contributed by atoms with Crippen molar-refractivity contribution in [3.05, 3.63) is 59.7 Å². The van der Waals surface area contributed by atoms with Crippen LogP contribution in [0.3, 0.4) is 0 Å². The number of hydrogen-bond acceptors (Lipinski definition) is 5. The van der Waals surface area contributed by atoms with Crippen molar-refractivity contribution in [2.24, 2.45) is 0 Å². The van der Waals surface area contributed by atoms with Crippen LogP contribution in [0.25, 0.3) is 11.1 Å². The van der Waals surface area contributed by atoms with Gasteiger partial charge in [0.1, 0.15) is 18.2 Å². The molecule has 0 aromatic heterocycles. The van der Waals surface area contributed by atoms with Gasteiger partial charge >= 0.3 is 12.1 Å². The van der Waals surface area contributed by atoms with Crippen LogP contribution in [0.15, 0.2) is 48.5 Å². The van der Waals surface area contributed by atoms with Crippen LogP contribution in [0.5, 0.6) is 0 Å². The Balaban J connectivity index is 1.61. The summed E-state index contributed by atoms with van der Waals surface area (Å²) in [7, 11) is 1.47. The van der Waals surface area contributed by atoms with E-state index in [0.29, 0.717) is 0 Å². The summed E-state index contributed by atoms with van der Waals surface area (Å²) in [6.45, 7) is 5.47. The fourth-order valence-electron chi connectivity index (χ4n) is 3.88. The zero-order valence-electron chi connectivity index (χ0n) is 18.9. The predicted octanol–water partition coefficient (Wildman–Crippen LogP) is 3.76. The zero-order chi connectivity index (χ0) is 23.3. The molecule has 0 saturated heterocycles. The van der Waals surface area contributed by atoms with Gasteiger partial charge in [0.05, 0.1) is 0 Å². The molecule has 2 aromatic rings. The highest BCUT2D eigenvalue weighted by Crippen LogP contribution is 2.44. The molecule has 0 spiro atoms. The summed E-state index contributed by atoms with van der Waals surface area (Å²) >= 11 is 0. The first-order valence-electron chi connectivity index (χ1n) is 10.7. The molecule has 1 aliphatic carbocycles. The molecule has 2 amide bonds. The Labute approximate surface area is 188 Å². The molecular formula is C25H30N2O5. The molecule has 0 radical (unpaired) electrons. The molecule has 0 saturated carbocycles. The second-order valence-electron chi connectivity index (χ2n) is 8.76. The van der Waals surface area contributed by atoms with Crippen LogP contribution < -0.4 is 10.6 Å². The van der Waals surface area contributed by atoms with Crippen molar-refractivity contribution in [3.8, 4) is 11.1 Å². The molecule has 3 rings (SSSR count). The number of carbonyl (C=O) groups excluding carboxylic acids is 3. The van der Waals surface area contributed by atoms with Gasteiger partial charge in [0.25, 0.3) is 0 Å². The minimum Gasteiger partial charge on any atom is -0.460 e. The lowest BCUT2D eigenvalue weighted by molar-refractivity contribution is -0.155. The van der Waals surface area contributed by atoms with E-state index < -0.39 is 29.6 Å². The third-order valence-corrected chi connectivity index (χ3v) is 5.26. The monoisotopic (exact) mass is 438 g/mol. The van der Waals surface area contributed by atoms with Crippen LogP contribution in [0.1, 0.15) is 50.7 Å². The summed E-state index contributed by atoms with van der Waals surface area (Å²) in [6, 6.07) is 15.2. The Morgan fingerprint density at radius 3 is 2.06 bits per heavy atom. The standard InChI is InChI=1S/C25H30N2O5/c1-25(2,3)32-22(28)14-13-21(23(29)26-4)27-24(30)31-15-20-18-11-7-5-9-16(18)17-10-6-8-12-19(17)20/h5-12,20-21H,13-15H2,1-4H3,(H,26,29)(H,27,30)/t21-/m1/s1. The Kier molecular flexibility index (Phi) is 7.18. The van der Waals surface area contributed by atoms with Gasteiger partial charge in [-0.2, -0.15) is 0 Å². The lowest BCUT2D eigenvalue weighted by Crippen LogP contribution is -2.46. The predicted molar refractivity (Wildman–Crippen MR) is 121 cm³/mol. The maximum atomic E-state index is 12.5. The molecular weight excluding hydrogens is 408 g/mol. The van der Waals surface area contributed by atoms with Gasteiger partial charge < -0.3 is 20.1 Å². The third kappa shape index (κ3) is 5.66. The topological polar surface area (TPSA) is 93.7 Å². The highest BCUT2D eigenvalue weighted by atomic mass is 16.6. The van der Waals surface area contributed by atoms with E-state index in [1.807, 2.05) is 36.4 Å². The number of ether oxygens (including phenoxy) is 2. The lowest BCUT2D eigenvalue weighted by atomic mass is 9.98. The Morgan fingerprint density at radius 2 is 1.53 bits per heavy atom. The van der Waals surface area contributed by atoms with Crippen LogP contribution in [-0.4, -0.2) is 43.3 Å². The first kappa shape index (κ1) is 23.3. The minimum atomic E-state index is -0.900. The average Bonchev–Trinajstić information content (AvgIpc) is 3.07. The van der Waals surface area contributed by atoms with Gasteiger partial charge in [0, 0.05) is 19.4 Å². The molecule has 7 heteroatoms. The highest BCUT2D eigenvalue weighted by molar-refractivity contribution is 5.86. The maximum Gasteiger partial charge on any atom is 0.407 e. The number of rotatable bonds is 7. The lowest BCUT2D eigenvalue weighted by Gasteiger charge is -2.21. The van der Waals surface area contributed by atoms with Gasteiger partial charge in [-0.1, -0.05) is 48.5 Å². The molecule has 0 unspecified atom stereocenters. The fourth-order valence-corrected chi connectivity index (χ4v) is 3.88. The smallest absolute Gasteiger partial charge is 0.407 e. The number of esters is 1. The summed E-state index contributed by atoms with van der Waals surface area (Å²) in [6.07, 6.45) is -0.595. The van der Waals surface area contributed by atoms with Crippen LogP contribution in [0.4, 0.5) is 4.79 Å². The maximum absolute atomic E-state index is 12.5. The second-order valence-corrected chi connectivity index (χ2v) is 8.76. The molecule has 7 nitrogen and oxygen atoms in total. The molecule has 2 aromatic carbocycles. The number of alkyl carbamates (subject to hydrolysis) is 1. The van der Waals surface area contributed by atoms with E-state index in [9.17, 15) is 14.4 Å². The number of amides is 2. The van der Waals surface area contributed by atoms with Crippen molar-refractivity contribution in [1.82, 2.24) is 10.6 Å². The molecule has 0 bridgehead atoms. The number of benzene rings is 2. The van der Waals surface area contributed by atoms with Crippen LogP contribution in [0.2, 0.25) is 0 Å². The van der Waals surface area contributed by atoms with Crippen molar-refractivity contribution in [1.29, 1.82) is 0 Å². The van der Waals surface area contributed by atoms with Crippen molar-refractivity contribution in [2.75, 3.05) is 13.7 Å². The molecule has 2 N–H and O–H groups in total. The molecule has 0 heterocycles. The number of nitrogens with one attached hydrogen (secondary N) is 2. The summed E-state index contributed by atoms with van der Waals surface area (Å²) in [5.74, 6) is -0.906. The van der Waals surface area contributed by atoms with E-state index >= 15 is 0 Å². The number of fused-ring (bicyclic) bond motifs is 3. The van der Waals surface area contributed by atoms with Crippen molar-refractivity contribution in [2.45, 2.75) is 51.2 Å². The van der Waals surface area contributed by atoms with Gasteiger partial charge in [-0.25, -0.2) is 4.79 Å². The Hall–Kier alpha value is -3.35. The van der Waals surface area contributed by atoms with Crippen LogP contribution in [0, 0.1) is 0 Å². The van der Waals surface area contributed by atoms with E-state index in [1.54, 1.807) is 20.8 Å². The number of likely N-dealkylation sites (N-methyl/N-ethyl adjacent to an activating group) is 1. The quantitative estimate of drug-likeness (QED) is 0.642. The molecule has 0 aliphatic heterocycles. The summed E-state index contributed by atoms with van der Waals surface area (Å²) in [4.78, 5) is 36.7. The average molecular weight is 439 g/mol. The SMILES string of the molecule is CNC(=O)[C@@H](CCC(=O)OC(C)(C)C)NC(=O)OCC1c2ccccc2-c2ccccc21. The van der Waals surface area contributed by atoms with Crippen molar-refractivity contribution < 1.29 is 23.9 Å². The van der Waals surface area contributed by atoms with E-state index in [-0.39, 0.29) is 25.4 Å². The zero-order valence-corrected chi connectivity index (χ0v) is 18.9. The van der Waals surface area contributed by atoms with Gasteiger partial charge in [-0.05, 0) is 49.4 Å². The first-order valence-corrected chi connectivity index (χ1v) is 10.7. The fraction of sp³-hybridized carbons (Fsp3) is 0.400. The van der Waals surface area contributed by atoms with Gasteiger partial charge in [0.2, 0.25) is 5.91 Å². The van der Waals surface area contributed by atoms with E-state index in [4.69, 9.17) is 9.47 Å². The van der Waals surface area contributed by atoms with Gasteiger partial charge in [-0.15, -0.1) is 0 Å². The Morgan fingerprint density at radius 1 is 0.969 bits per heavy atom. The molecule has 1 atom stereocenters. The van der Waals surface area contributed by atoms with E-state index in [2.05, 4.69) is 22.8 Å². The first-order chi connectivity index (χ1) is 15.2. The molecule has 0 fully saturated rings. The van der Waals surface area contributed by atoms with E-state index in [1.165, 1.54) is 7.05 Å². The number of hydrogen-bond donors (Lipinski definition) is 2. The molecule has 1 aliphatic rings. The van der Waals surface area contributed by atoms with Crippen molar-refractivity contribution >= 4 is 18.0 Å². The number of carbonyl (C=O) groups is 3. The summed E-state index contributed by atoms with van der Waals surface area (Å²) < 4.78 is 10.8. The van der Waals surface area contributed by atoms with Crippen LogP contribution >= 0.6 is 0 Å². The van der Waals surface area contributed by atoms with E-state index in [0.717, 1.165) is 22.3 Å². The van der Waals surface area contributed by atoms with Gasteiger partial charge in [-0.3, -0.25) is 9.59 Å². The molecule has 32 heavy (non-hydrogen) atoms. The van der Waals surface area contributed by atoms with Crippen LogP contribution in [-0.2, 0) is 19.1 Å². The Bertz CT molecular complexity index is 950. The van der Waals surface area contributed by atoms with Gasteiger partial charge in [0.15, 0.2) is 0 Å². The minimum absolute atomic E-state index is 0.000980. The third-order valence-electron chi connectivity index (χ3n) is 5.26. The highest BCUT2D eigenvalue weighted by Gasteiger charge is 2.30. The summed E-state index contributed by atoms with van der Waals surface area (Å²) in [5, 5.41) is 5.08. The largest absolute Gasteiger partial charge is 0.460 e. The second kappa shape index (κ2) is 9.85. The normalized spacial score (nSPS) is 13.5. The summed E-state index contributed by atoms with van der Waals surface area (Å²) in [5.41, 5.74) is 3.87. The van der Waals surface area contributed by atoms with Crippen molar-refractivity contribution in [3.63, 3.8) is 0 Å².